The molecule has 2 aromatic rings. The molecule has 0 aliphatic carbocycles. The van der Waals surface area contributed by atoms with Crippen molar-refractivity contribution in [3.05, 3.63) is 53.6 Å². The standard InChI is InChI=1S/C20H23N3O4/c1-21(2)16-5-3-14(4-6-16)19(26)22-7-9-23(10-8-22)20(27)15-11-17(24)13-18(25)12-15/h3-6,11-13,24-25H,7-10H2,1-2H3. The fraction of sp³-hybridized carbons (Fsp3) is 0.300. The van der Waals surface area contributed by atoms with Gasteiger partial charge in [-0.25, -0.2) is 0 Å². The number of anilines is 1. The van der Waals surface area contributed by atoms with Gasteiger partial charge in [0.05, 0.1) is 0 Å². The second kappa shape index (κ2) is 7.57. The molecule has 1 fully saturated rings. The van der Waals surface area contributed by atoms with Gasteiger partial charge >= 0.3 is 0 Å². The van der Waals surface area contributed by atoms with Crippen molar-refractivity contribution in [1.29, 1.82) is 0 Å². The van der Waals surface area contributed by atoms with Crippen LogP contribution in [0.3, 0.4) is 0 Å². The summed E-state index contributed by atoms with van der Waals surface area (Å²) < 4.78 is 0. The van der Waals surface area contributed by atoms with Crippen molar-refractivity contribution in [3.63, 3.8) is 0 Å². The number of nitrogens with zero attached hydrogens (tertiary/aromatic N) is 3. The molecule has 0 radical (unpaired) electrons. The van der Waals surface area contributed by atoms with Crippen LogP contribution in [0.1, 0.15) is 20.7 Å². The zero-order chi connectivity index (χ0) is 19.6. The Morgan fingerprint density at radius 3 is 1.67 bits per heavy atom. The van der Waals surface area contributed by atoms with Crippen molar-refractivity contribution in [2.75, 3.05) is 45.2 Å². The number of carbonyl (C=O) groups excluding carboxylic acids is 2. The van der Waals surface area contributed by atoms with Crippen LogP contribution in [0.2, 0.25) is 0 Å². The number of hydrogen-bond donors (Lipinski definition) is 2. The minimum atomic E-state index is -0.274. The SMILES string of the molecule is CN(C)c1ccc(C(=O)N2CCN(C(=O)c3cc(O)cc(O)c3)CC2)cc1. The first-order valence-corrected chi connectivity index (χ1v) is 8.74. The smallest absolute Gasteiger partial charge is 0.254 e. The maximum absolute atomic E-state index is 12.7. The zero-order valence-corrected chi connectivity index (χ0v) is 15.4. The number of phenolic OH excluding ortho intramolecular Hbond substituents is 2. The summed E-state index contributed by atoms with van der Waals surface area (Å²) >= 11 is 0. The molecule has 2 amide bonds. The molecule has 0 saturated carbocycles. The van der Waals surface area contributed by atoms with Crippen molar-refractivity contribution in [2.24, 2.45) is 0 Å². The first-order chi connectivity index (χ1) is 12.8. The van der Waals surface area contributed by atoms with E-state index in [1.54, 1.807) is 9.80 Å². The number of benzene rings is 2. The maximum atomic E-state index is 12.7. The first kappa shape index (κ1) is 18.6. The highest BCUT2D eigenvalue weighted by atomic mass is 16.3. The summed E-state index contributed by atoms with van der Waals surface area (Å²) in [4.78, 5) is 30.5. The number of amides is 2. The van der Waals surface area contributed by atoms with E-state index in [-0.39, 0.29) is 28.9 Å². The van der Waals surface area contributed by atoms with E-state index in [0.717, 1.165) is 5.69 Å². The highest BCUT2D eigenvalue weighted by Gasteiger charge is 2.26. The van der Waals surface area contributed by atoms with Crippen LogP contribution in [0.5, 0.6) is 11.5 Å². The van der Waals surface area contributed by atoms with E-state index < -0.39 is 0 Å². The Hall–Kier alpha value is -3.22. The van der Waals surface area contributed by atoms with Crippen LogP contribution in [-0.2, 0) is 0 Å². The number of rotatable bonds is 3. The van der Waals surface area contributed by atoms with E-state index in [0.29, 0.717) is 31.7 Å². The van der Waals surface area contributed by atoms with Crippen molar-refractivity contribution in [3.8, 4) is 11.5 Å². The third-order valence-corrected chi connectivity index (χ3v) is 4.63. The van der Waals surface area contributed by atoms with Gasteiger partial charge in [-0.05, 0) is 36.4 Å². The molecule has 0 aromatic heterocycles. The molecule has 27 heavy (non-hydrogen) atoms. The largest absolute Gasteiger partial charge is 0.508 e. The van der Waals surface area contributed by atoms with Gasteiger partial charge in [-0.15, -0.1) is 0 Å². The van der Waals surface area contributed by atoms with E-state index in [9.17, 15) is 19.8 Å². The number of aromatic hydroxyl groups is 2. The Morgan fingerprint density at radius 1 is 0.778 bits per heavy atom. The highest BCUT2D eigenvalue weighted by molar-refractivity contribution is 5.96. The Morgan fingerprint density at radius 2 is 1.22 bits per heavy atom. The van der Waals surface area contributed by atoms with Crippen molar-refractivity contribution >= 4 is 17.5 Å². The Bertz CT molecular complexity index is 821. The molecule has 0 spiro atoms. The predicted molar refractivity (Wildman–Crippen MR) is 102 cm³/mol. The summed E-state index contributed by atoms with van der Waals surface area (Å²) in [6.45, 7) is 1.67. The third kappa shape index (κ3) is 4.13. The normalized spacial score (nSPS) is 14.1. The van der Waals surface area contributed by atoms with Crippen LogP contribution in [0.15, 0.2) is 42.5 Å². The van der Waals surface area contributed by atoms with E-state index in [4.69, 9.17) is 0 Å². The lowest BCUT2D eigenvalue weighted by molar-refractivity contribution is 0.0535. The average Bonchev–Trinajstić information content (AvgIpc) is 2.66. The molecule has 3 rings (SSSR count). The van der Waals surface area contributed by atoms with Gasteiger partial charge in [0.15, 0.2) is 0 Å². The monoisotopic (exact) mass is 369 g/mol. The summed E-state index contributed by atoms with van der Waals surface area (Å²) in [5.74, 6) is -0.646. The molecular formula is C20H23N3O4. The lowest BCUT2D eigenvalue weighted by Crippen LogP contribution is -2.50. The summed E-state index contributed by atoms with van der Waals surface area (Å²) in [6, 6.07) is 11.3. The van der Waals surface area contributed by atoms with Gasteiger partial charge in [0.2, 0.25) is 0 Å². The second-order valence-electron chi connectivity index (χ2n) is 6.76. The summed E-state index contributed by atoms with van der Waals surface area (Å²) in [5, 5.41) is 19.1. The van der Waals surface area contributed by atoms with Gasteiger partial charge in [0.1, 0.15) is 11.5 Å². The topological polar surface area (TPSA) is 84.3 Å². The summed E-state index contributed by atoms with van der Waals surface area (Å²) in [7, 11) is 3.89. The molecular weight excluding hydrogens is 346 g/mol. The van der Waals surface area contributed by atoms with E-state index in [2.05, 4.69) is 0 Å². The number of phenols is 2. The van der Waals surface area contributed by atoms with Crippen LogP contribution in [0.25, 0.3) is 0 Å². The predicted octanol–water partition coefficient (Wildman–Crippen LogP) is 1.76. The minimum Gasteiger partial charge on any atom is -0.508 e. The van der Waals surface area contributed by atoms with E-state index in [1.807, 2.05) is 43.3 Å². The van der Waals surface area contributed by atoms with Gasteiger partial charge < -0.3 is 24.9 Å². The quantitative estimate of drug-likeness (QED) is 0.861. The Labute approximate surface area is 158 Å². The van der Waals surface area contributed by atoms with E-state index in [1.165, 1.54) is 18.2 Å². The molecule has 1 saturated heterocycles. The molecule has 7 heteroatoms. The molecule has 0 unspecified atom stereocenters. The van der Waals surface area contributed by atoms with Crippen LogP contribution in [-0.4, -0.2) is 72.1 Å². The maximum Gasteiger partial charge on any atom is 0.254 e. The van der Waals surface area contributed by atoms with Crippen molar-refractivity contribution in [1.82, 2.24) is 9.80 Å². The minimum absolute atomic E-state index is 0.0533. The molecule has 1 aliphatic rings. The third-order valence-electron chi connectivity index (χ3n) is 4.63. The molecule has 0 bridgehead atoms. The second-order valence-corrected chi connectivity index (χ2v) is 6.76. The van der Waals surface area contributed by atoms with Gasteiger partial charge in [0.25, 0.3) is 11.8 Å². The molecule has 7 nitrogen and oxygen atoms in total. The average molecular weight is 369 g/mol. The molecule has 1 heterocycles. The van der Waals surface area contributed by atoms with Gasteiger partial charge in [0, 0.05) is 63.2 Å². The molecule has 2 aromatic carbocycles. The van der Waals surface area contributed by atoms with Gasteiger partial charge in [-0.2, -0.15) is 0 Å². The highest BCUT2D eigenvalue weighted by Crippen LogP contribution is 2.22. The van der Waals surface area contributed by atoms with Crippen LogP contribution >= 0.6 is 0 Å². The van der Waals surface area contributed by atoms with Crippen LogP contribution in [0.4, 0.5) is 5.69 Å². The van der Waals surface area contributed by atoms with Gasteiger partial charge in [-0.1, -0.05) is 0 Å². The fourth-order valence-corrected chi connectivity index (χ4v) is 3.10. The van der Waals surface area contributed by atoms with Crippen LogP contribution in [0, 0.1) is 0 Å². The first-order valence-electron chi connectivity index (χ1n) is 8.74. The molecule has 2 N–H and O–H groups in total. The number of carbonyl (C=O) groups is 2. The number of piperazine rings is 1. The molecule has 0 atom stereocenters. The molecule has 142 valence electrons. The lowest BCUT2D eigenvalue weighted by atomic mass is 10.1. The Balaban J connectivity index is 1.62. The zero-order valence-electron chi connectivity index (χ0n) is 15.4. The Kier molecular flexibility index (Phi) is 5.21. The van der Waals surface area contributed by atoms with Crippen LogP contribution < -0.4 is 4.90 Å². The number of hydrogen-bond acceptors (Lipinski definition) is 5. The van der Waals surface area contributed by atoms with E-state index >= 15 is 0 Å². The van der Waals surface area contributed by atoms with Gasteiger partial charge in [-0.3, -0.25) is 9.59 Å². The summed E-state index contributed by atoms with van der Waals surface area (Å²) in [6.07, 6.45) is 0. The summed E-state index contributed by atoms with van der Waals surface area (Å²) in [5.41, 5.74) is 1.88. The van der Waals surface area contributed by atoms with Crippen molar-refractivity contribution < 1.29 is 19.8 Å². The fourth-order valence-electron chi connectivity index (χ4n) is 3.10. The van der Waals surface area contributed by atoms with Crippen molar-refractivity contribution in [2.45, 2.75) is 0 Å². The molecule has 1 aliphatic heterocycles. The lowest BCUT2D eigenvalue weighted by Gasteiger charge is -2.35.